The van der Waals surface area contributed by atoms with Crippen molar-refractivity contribution in [3.05, 3.63) is 29.3 Å². The topological polar surface area (TPSA) is 29.1 Å². The maximum Gasteiger partial charge on any atom is 0.231 e. The highest BCUT2D eigenvalue weighted by molar-refractivity contribution is 6.02. The molecular formula is C13H17NO. The summed E-state index contributed by atoms with van der Waals surface area (Å²) in [7, 11) is 0. The van der Waals surface area contributed by atoms with Gasteiger partial charge < -0.3 is 5.32 Å². The molecule has 0 spiro atoms. The number of rotatable bonds is 2. The minimum atomic E-state index is 0.0544. The second-order valence-electron chi connectivity index (χ2n) is 4.45. The fraction of sp³-hybridized carbons (Fsp3) is 0.462. The van der Waals surface area contributed by atoms with Gasteiger partial charge >= 0.3 is 0 Å². The number of hydrogen-bond acceptors (Lipinski definition) is 1. The maximum atomic E-state index is 11.6. The minimum Gasteiger partial charge on any atom is -0.325 e. The molecule has 1 heterocycles. The number of fused-ring (bicyclic) bond motifs is 1. The van der Waals surface area contributed by atoms with E-state index >= 15 is 0 Å². The van der Waals surface area contributed by atoms with Crippen LogP contribution in [0, 0.1) is 0 Å². The molecule has 2 rings (SSSR count). The highest BCUT2D eigenvalue weighted by Crippen LogP contribution is 2.36. The van der Waals surface area contributed by atoms with Crippen LogP contribution in [0.15, 0.2) is 18.2 Å². The quantitative estimate of drug-likeness (QED) is 0.785. The SMILES string of the molecule is CCC1C(=O)Nc2ccc(C(C)C)cc21. The van der Waals surface area contributed by atoms with E-state index in [1.54, 1.807) is 0 Å². The van der Waals surface area contributed by atoms with Crippen molar-refractivity contribution < 1.29 is 4.79 Å². The Balaban J connectivity index is 2.44. The van der Waals surface area contributed by atoms with Crippen LogP contribution in [0.1, 0.15) is 50.2 Å². The molecule has 1 N–H and O–H groups in total. The van der Waals surface area contributed by atoms with Crippen LogP contribution < -0.4 is 5.32 Å². The summed E-state index contributed by atoms with van der Waals surface area (Å²) in [5.74, 6) is 0.718. The zero-order valence-electron chi connectivity index (χ0n) is 9.50. The van der Waals surface area contributed by atoms with Gasteiger partial charge in [-0.05, 0) is 29.5 Å². The predicted molar refractivity (Wildman–Crippen MR) is 62.2 cm³/mol. The molecule has 1 aromatic carbocycles. The first-order valence-corrected chi connectivity index (χ1v) is 5.58. The van der Waals surface area contributed by atoms with Gasteiger partial charge in [-0.3, -0.25) is 4.79 Å². The van der Waals surface area contributed by atoms with Gasteiger partial charge in [0.2, 0.25) is 5.91 Å². The molecule has 0 aliphatic carbocycles. The van der Waals surface area contributed by atoms with Crippen molar-refractivity contribution >= 4 is 11.6 Å². The third kappa shape index (κ3) is 1.65. The Morgan fingerprint density at radius 3 is 2.73 bits per heavy atom. The lowest BCUT2D eigenvalue weighted by Gasteiger charge is -2.09. The molecular weight excluding hydrogens is 186 g/mol. The molecule has 1 atom stereocenters. The Bertz CT molecular complexity index is 396. The van der Waals surface area contributed by atoms with Gasteiger partial charge in [0.1, 0.15) is 0 Å². The molecule has 0 radical (unpaired) electrons. The van der Waals surface area contributed by atoms with Crippen LogP contribution in [-0.4, -0.2) is 5.91 Å². The third-order valence-corrected chi connectivity index (χ3v) is 3.10. The van der Waals surface area contributed by atoms with Crippen LogP contribution in [0.5, 0.6) is 0 Å². The van der Waals surface area contributed by atoms with Crippen LogP contribution in [0.2, 0.25) is 0 Å². The molecule has 0 bridgehead atoms. The standard InChI is InChI=1S/C13H17NO/c1-4-10-11-7-9(8(2)3)5-6-12(11)14-13(10)15/h5-8,10H,4H2,1-3H3,(H,14,15). The van der Waals surface area contributed by atoms with Gasteiger partial charge in [0.25, 0.3) is 0 Å². The predicted octanol–water partition coefficient (Wildman–Crippen LogP) is 3.26. The number of benzene rings is 1. The molecule has 1 aliphatic heterocycles. The van der Waals surface area contributed by atoms with Gasteiger partial charge in [0.15, 0.2) is 0 Å². The van der Waals surface area contributed by atoms with Crippen LogP contribution in [-0.2, 0) is 4.79 Å². The second-order valence-corrected chi connectivity index (χ2v) is 4.45. The fourth-order valence-corrected chi connectivity index (χ4v) is 2.11. The molecule has 0 fully saturated rings. The van der Waals surface area contributed by atoms with Gasteiger partial charge in [0, 0.05) is 5.69 Å². The lowest BCUT2D eigenvalue weighted by molar-refractivity contribution is -0.117. The van der Waals surface area contributed by atoms with Gasteiger partial charge in [-0.2, -0.15) is 0 Å². The molecule has 15 heavy (non-hydrogen) atoms. The van der Waals surface area contributed by atoms with Crippen LogP contribution in [0.25, 0.3) is 0 Å². The Kier molecular flexibility index (Phi) is 2.51. The van der Waals surface area contributed by atoms with Crippen LogP contribution in [0.3, 0.4) is 0 Å². The Morgan fingerprint density at radius 1 is 1.40 bits per heavy atom. The first-order valence-electron chi connectivity index (χ1n) is 5.58. The first-order chi connectivity index (χ1) is 7.13. The van der Waals surface area contributed by atoms with Crippen molar-refractivity contribution in [1.82, 2.24) is 0 Å². The summed E-state index contributed by atoms with van der Waals surface area (Å²) < 4.78 is 0. The number of carbonyl (C=O) groups excluding carboxylic acids is 1. The van der Waals surface area contributed by atoms with Gasteiger partial charge in [0.05, 0.1) is 5.92 Å². The molecule has 1 aromatic rings. The van der Waals surface area contributed by atoms with Crippen molar-refractivity contribution in [1.29, 1.82) is 0 Å². The molecule has 1 amide bonds. The largest absolute Gasteiger partial charge is 0.325 e. The second kappa shape index (κ2) is 3.69. The molecule has 2 heteroatoms. The van der Waals surface area contributed by atoms with E-state index in [9.17, 15) is 4.79 Å². The lowest BCUT2D eigenvalue weighted by Crippen LogP contribution is -2.10. The smallest absolute Gasteiger partial charge is 0.231 e. The Hall–Kier alpha value is -1.31. The fourth-order valence-electron chi connectivity index (χ4n) is 2.11. The first kappa shape index (κ1) is 10.2. The Labute approximate surface area is 90.7 Å². The molecule has 80 valence electrons. The van der Waals surface area contributed by atoms with E-state index in [-0.39, 0.29) is 11.8 Å². The number of anilines is 1. The molecule has 0 aromatic heterocycles. The molecule has 1 unspecified atom stereocenters. The van der Waals surface area contributed by atoms with Gasteiger partial charge in [-0.1, -0.05) is 32.9 Å². The summed E-state index contributed by atoms with van der Waals surface area (Å²) in [6, 6.07) is 6.30. The lowest BCUT2D eigenvalue weighted by atomic mass is 9.93. The van der Waals surface area contributed by atoms with Crippen molar-refractivity contribution in [3.8, 4) is 0 Å². The molecule has 0 saturated heterocycles. The van der Waals surface area contributed by atoms with Crippen molar-refractivity contribution in [2.75, 3.05) is 5.32 Å². The molecule has 1 aliphatic rings. The number of hydrogen-bond donors (Lipinski definition) is 1. The summed E-state index contributed by atoms with van der Waals surface area (Å²) in [4.78, 5) is 11.6. The van der Waals surface area contributed by atoms with Gasteiger partial charge in [-0.15, -0.1) is 0 Å². The highest BCUT2D eigenvalue weighted by Gasteiger charge is 2.28. The van der Waals surface area contributed by atoms with Crippen molar-refractivity contribution in [3.63, 3.8) is 0 Å². The summed E-state index contributed by atoms with van der Waals surface area (Å²) in [5.41, 5.74) is 3.48. The summed E-state index contributed by atoms with van der Waals surface area (Å²) in [6.45, 7) is 6.40. The van der Waals surface area contributed by atoms with E-state index in [1.807, 2.05) is 6.07 Å². The average Bonchev–Trinajstić information content (AvgIpc) is 2.51. The van der Waals surface area contributed by atoms with E-state index in [4.69, 9.17) is 0 Å². The van der Waals surface area contributed by atoms with E-state index in [2.05, 4.69) is 38.2 Å². The monoisotopic (exact) mass is 203 g/mol. The zero-order chi connectivity index (χ0) is 11.0. The van der Waals surface area contributed by atoms with Crippen LogP contribution in [0.4, 0.5) is 5.69 Å². The normalized spacial score (nSPS) is 19.2. The number of carbonyl (C=O) groups is 1. The van der Waals surface area contributed by atoms with Crippen molar-refractivity contribution in [2.24, 2.45) is 0 Å². The van der Waals surface area contributed by atoms with Crippen LogP contribution >= 0.6 is 0 Å². The number of nitrogens with one attached hydrogen (secondary N) is 1. The molecule has 2 nitrogen and oxygen atoms in total. The third-order valence-electron chi connectivity index (χ3n) is 3.10. The maximum absolute atomic E-state index is 11.6. The van der Waals surface area contributed by atoms with Crippen molar-refractivity contribution in [2.45, 2.75) is 39.0 Å². The minimum absolute atomic E-state index is 0.0544. The number of amides is 1. The summed E-state index contributed by atoms with van der Waals surface area (Å²) in [6.07, 6.45) is 0.875. The van der Waals surface area contributed by atoms with Gasteiger partial charge in [-0.25, -0.2) is 0 Å². The van der Waals surface area contributed by atoms with E-state index < -0.39 is 0 Å². The summed E-state index contributed by atoms with van der Waals surface area (Å²) >= 11 is 0. The zero-order valence-corrected chi connectivity index (χ0v) is 9.50. The highest BCUT2D eigenvalue weighted by atomic mass is 16.2. The average molecular weight is 203 g/mol. The van der Waals surface area contributed by atoms with E-state index in [1.165, 1.54) is 11.1 Å². The Morgan fingerprint density at radius 2 is 2.13 bits per heavy atom. The molecule has 0 saturated carbocycles. The van der Waals surface area contributed by atoms with E-state index in [0.717, 1.165) is 12.1 Å². The summed E-state index contributed by atoms with van der Waals surface area (Å²) in [5, 5.41) is 2.93. The van der Waals surface area contributed by atoms with E-state index in [0.29, 0.717) is 5.92 Å².